The Labute approximate surface area is 195 Å². The number of hydrogen-bond acceptors (Lipinski definition) is 4. The topological polar surface area (TPSA) is 64.7 Å². The van der Waals surface area contributed by atoms with Crippen LogP contribution in [-0.2, 0) is 17.9 Å². The molecule has 1 aliphatic heterocycles. The second-order valence-electron chi connectivity index (χ2n) is 8.74. The summed E-state index contributed by atoms with van der Waals surface area (Å²) in [6.45, 7) is 6.21. The van der Waals surface area contributed by atoms with E-state index in [0.29, 0.717) is 18.7 Å². The van der Waals surface area contributed by atoms with E-state index in [1.807, 2.05) is 42.5 Å². The van der Waals surface area contributed by atoms with Crippen LogP contribution in [0.3, 0.4) is 0 Å². The molecule has 6 heteroatoms. The summed E-state index contributed by atoms with van der Waals surface area (Å²) in [5, 5.41) is 7.89. The normalized spacial score (nSPS) is 14.8. The molecule has 0 saturated carbocycles. The summed E-state index contributed by atoms with van der Waals surface area (Å²) in [5.74, 6) is -0.236. The van der Waals surface area contributed by atoms with Crippen LogP contribution in [0.25, 0.3) is 10.8 Å². The average molecular weight is 445 g/mol. The van der Waals surface area contributed by atoms with Gasteiger partial charge in [-0.3, -0.25) is 14.5 Å². The third-order valence-corrected chi connectivity index (χ3v) is 6.16. The third-order valence-electron chi connectivity index (χ3n) is 6.16. The summed E-state index contributed by atoms with van der Waals surface area (Å²) in [6, 6.07) is 22.0. The molecule has 6 nitrogen and oxygen atoms in total. The summed E-state index contributed by atoms with van der Waals surface area (Å²) in [7, 11) is 2.17. The maximum absolute atomic E-state index is 12.4. The van der Waals surface area contributed by atoms with E-state index in [4.69, 9.17) is 0 Å². The van der Waals surface area contributed by atoms with Crippen molar-refractivity contribution in [1.82, 2.24) is 20.4 Å². The maximum Gasteiger partial charge on any atom is 0.251 e. The number of hydrogen-bond donors (Lipinski definition) is 2. The second-order valence-corrected chi connectivity index (χ2v) is 8.74. The lowest BCUT2D eigenvalue weighted by molar-refractivity contribution is -0.121. The standard InChI is InChI=1S/C27H32N4O2/c1-30-14-16-31(17-15-30)20-22-8-6-21(7-9-22)19-29-26(32)12-13-28-27(33)25-11-10-23-4-2-3-5-24(23)18-25/h2-11,18H,12-17,19-20H2,1H3,(H,28,33)(H,29,32). The van der Waals surface area contributed by atoms with Gasteiger partial charge >= 0.3 is 0 Å². The fraction of sp³-hybridized carbons (Fsp3) is 0.333. The summed E-state index contributed by atoms with van der Waals surface area (Å²) < 4.78 is 0. The maximum atomic E-state index is 12.4. The Bertz CT molecular complexity index is 1090. The van der Waals surface area contributed by atoms with Crippen LogP contribution < -0.4 is 10.6 Å². The van der Waals surface area contributed by atoms with E-state index in [1.165, 1.54) is 5.56 Å². The summed E-state index contributed by atoms with van der Waals surface area (Å²) >= 11 is 0. The molecule has 0 bridgehead atoms. The van der Waals surface area contributed by atoms with Gasteiger partial charge in [-0.25, -0.2) is 0 Å². The highest BCUT2D eigenvalue weighted by Crippen LogP contribution is 2.15. The molecule has 3 aromatic carbocycles. The van der Waals surface area contributed by atoms with E-state index >= 15 is 0 Å². The van der Waals surface area contributed by atoms with Gasteiger partial charge in [0, 0.05) is 57.8 Å². The van der Waals surface area contributed by atoms with Gasteiger partial charge in [-0.2, -0.15) is 0 Å². The van der Waals surface area contributed by atoms with Gasteiger partial charge in [0.25, 0.3) is 5.91 Å². The van der Waals surface area contributed by atoms with Gasteiger partial charge in [-0.1, -0.05) is 54.6 Å². The van der Waals surface area contributed by atoms with Crippen molar-refractivity contribution in [2.75, 3.05) is 39.8 Å². The summed E-state index contributed by atoms with van der Waals surface area (Å²) in [4.78, 5) is 29.4. The molecule has 0 unspecified atom stereocenters. The highest BCUT2D eigenvalue weighted by molar-refractivity contribution is 5.98. The summed E-state index contributed by atoms with van der Waals surface area (Å²) in [5.41, 5.74) is 2.97. The fourth-order valence-electron chi connectivity index (χ4n) is 4.04. The Hall–Kier alpha value is -3.22. The van der Waals surface area contributed by atoms with Crippen LogP contribution in [0.15, 0.2) is 66.7 Å². The van der Waals surface area contributed by atoms with Crippen LogP contribution in [0.5, 0.6) is 0 Å². The molecule has 0 spiro atoms. The average Bonchev–Trinajstić information content (AvgIpc) is 2.84. The molecule has 1 aliphatic rings. The molecule has 2 N–H and O–H groups in total. The summed E-state index contributed by atoms with van der Waals surface area (Å²) in [6.07, 6.45) is 0.251. The van der Waals surface area contributed by atoms with Gasteiger partial charge in [0.1, 0.15) is 0 Å². The zero-order chi connectivity index (χ0) is 23.0. The number of amides is 2. The molecule has 172 valence electrons. The van der Waals surface area contributed by atoms with Crippen molar-refractivity contribution in [3.63, 3.8) is 0 Å². The minimum absolute atomic E-state index is 0.0738. The monoisotopic (exact) mass is 444 g/mol. The predicted octanol–water partition coefficient (Wildman–Crippen LogP) is 3.02. The van der Waals surface area contributed by atoms with E-state index in [2.05, 4.69) is 51.7 Å². The van der Waals surface area contributed by atoms with E-state index in [1.54, 1.807) is 0 Å². The molecule has 0 radical (unpaired) electrons. The minimum atomic E-state index is -0.163. The van der Waals surface area contributed by atoms with Crippen LogP contribution in [-0.4, -0.2) is 61.4 Å². The molecular formula is C27H32N4O2. The van der Waals surface area contributed by atoms with Crippen molar-refractivity contribution in [1.29, 1.82) is 0 Å². The lowest BCUT2D eigenvalue weighted by Crippen LogP contribution is -2.43. The highest BCUT2D eigenvalue weighted by atomic mass is 16.2. The number of nitrogens with zero attached hydrogens (tertiary/aromatic N) is 2. The largest absolute Gasteiger partial charge is 0.352 e. The molecule has 1 fully saturated rings. The number of rotatable bonds is 8. The van der Waals surface area contributed by atoms with Crippen molar-refractivity contribution < 1.29 is 9.59 Å². The lowest BCUT2D eigenvalue weighted by Gasteiger charge is -2.32. The van der Waals surface area contributed by atoms with Crippen LogP contribution in [0.1, 0.15) is 27.9 Å². The molecule has 1 saturated heterocycles. The van der Waals surface area contributed by atoms with Gasteiger partial charge in [-0.05, 0) is 41.1 Å². The Balaban J connectivity index is 1.16. The van der Waals surface area contributed by atoms with E-state index in [-0.39, 0.29) is 18.2 Å². The number of piperazine rings is 1. The zero-order valence-electron chi connectivity index (χ0n) is 19.2. The molecule has 33 heavy (non-hydrogen) atoms. The molecule has 2 amide bonds. The van der Waals surface area contributed by atoms with Crippen molar-refractivity contribution in [3.8, 4) is 0 Å². The van der Waals surface area contributed by atoms with E-state index in [9.17, 15) is 9.59 Å². The van der Waals surface area contributed by atoms with Gasteiger partial charge in [0.2, 0.25) is 5.91 Å². The first-order chi connectivity index (χ1) is 16.1. The van der Waals surface area contributed by atoms with Crippen molar-refractivity contribution >= 4 is 22.6 Å². The second kappa shape index (κ2) is 11.1. The van der Waals surface area contributed by atoms with Crippen molar-refractivity contribution in [2.45, 2.75) is 19.5 Å². The number of benzene rings is 3. The number of nitrogens with one attached hydrogen (secondary N) is 2. The SMILES string of the molecule is CN1CCN(Cc2ccc(CNC(=O)CCNC(=O)c3ccc4ccccc4c3)cc2)CC1. The quantitative estimate of drug-likeness (QED) is 0.561. The smallest absolute Gasteiger partial charge is 0.251 e. The molecule has 1 heterocycles. The highest BCUT2D eigenvalue weighted by Gasteiger charge is 2.13. The van der Waals surface area contributed by atoms with Crippen LogP contribution in [0.4, 0.5) is 0 Å². The van der Waals surface area contributed by atoms with Crippen LogP contribution >= 0.6 is 0 Å². The van der Waals surface area contributed by atoms with Crippen LogP contribution in [0, 0.1) is 0 Å². The van der Waals surface area contributed by atoms with E-state index in [0.717, 1.165) is 49.1 Å². The van der Waals surface area contributed by atoms with E-state index < -0.39 is 0 Å². The minimum Gasteiger partial charge on any atom is -0.352 e. The van der Waals surface area contributed by atoms with Gasteiger partial charge in [0.05, 0.1) is 0 Å². The van der Waals surface area contributed by atoms with Crippen LogP contribution in [0.2, 0.25) is 0 Å². The number of carbonyl (C=O) groups excluding carboxylic acids is 2. The molecule has 0 aliphatic carbocycles. The molecule has 4 rings (SSSR count). The first-order valence-corrected chi connectivity index (χ1v) is 11.6. The van der Waals surface area contributed by atoms with Gasteiger partial charge in [0.15, 0.2) is 0 Å². The number of fused-ring (bicyclic) bond motifs is 1. The molecular weight excluding hydrogens is 412 g/mol. The zero-order valence-corrected chi connectivity index (χ0v) is 19.2. The third kappa shape index (κ3) is 6.63. The van der Waals surface area contributed by atoms with Crippen molar-refractivity contribution in [3.05, 3.63) is 83.4 Å². The lowest BCUT2D eigenvalue weighted by atomic mass is 10.1. The Morgan fingerprint density at radius 2 is 1.52 bits per heavy atom. The van der Waals surface area contributed by atoms with Gasteiger partial charge in [-0.15, -0.1) is 0 Å². The molecule has 0 aromatic heterocycles. The molecule has 0 atom stereocenters. The number of carbonyl (C=O) groups is 2. The Kier molecular flexibility index (Phi) is 7.70. The predicted molar refractivity (Wildman–Crippen MR) is 132 cm³/mol. The number of likely N-dealkylation sites (N-methyl/N-ethyl adjacent to an activating group) is 1. The van der Waals surface area contributed by atoms with Gasteiger partial charge < -0.3 is 15.5 Å². The Morgan fingerprint density at radius 3 is 2.27 bits per heavy atom. The first-order valence-electron chi connectivity index (χ1n) is 11.6. The fourth-order valence-corrected chi connectivity index (χ4v) is 4.04. The Morgan fingerprint density at radius 1 is 0.818 bits per heavy atom. The van der Waals surface area contributed by atoms with Crippen molar-refractivity contribution in [2.24, 2.45) is 0 Å². The molecule has 3 aromatic rings. The first kappa shape index (κ1) is 23.0.